The SMILES string of the molecule is Cc1nc(CNC(=O)NC(C)(C(=O)O)C(F)(F)F)cs1. The molecule has 0 aliphatic heterocycles. The molecule has 1 heterocycles. The molecule has 1 aromatic rings. The Kier molecular flexibility index (Phi) is 4.58. The number of amides is 2. The predicted octanol–water partition coefficient (Wildman–Crippen LogP) is 1.66. The summed E-state index contributed by atoms with van der Waals surface area (Å²) < 4.78 is 37.9. The second kappa shape index (κ2) is 5.65. The van der Waals surface area contributed by atoms with Gasteiger partial charge < -0.3 is 15.7 Å². The highest BCUT2D eigenvalue weighted by molar-refractivity contribution is 7.09. The maximum atomic E-state index is 12.6. The van der Waals surface area contributed by atoms with Crippen molar-refractivity contribution in [2.75, 3.05) is 0 Å². The molecule has 0 aromatic carbocycles. The zero-order valence-electron chi connectivity index (χ0n) is 10.5. The normalized spacial score (nSPS) is 14.4. The number of aryl methyl sites for hydroxylation is 1. The van der Waals surface area contributed by atoms with Crippen molar-refractivity contribution < 1.29 is 27.9 Å². The number of urea groups is 1. The molecule has 2 amide bonds. The lowest BCUT2D eigenvalue weighted by Gasteiger charge is -2.28. The van der Waals surface area contributed by atoms with Gasteiger partial charge in [-0.15, -0.1) is 11.3 Å². The van der Waals surface area contributed by atoms with E-state index in [-0.39, 0.29) is 6.54 Å². The van der Waals surface area contributed by atoms with Crippen LogP contribution in [0.2, 0.25) is 0 Å². The number of hydrogen-bond acceptors (Lipinski definition) is 4. The standard InChI is InChI=1S/C10H12F3N3O3S/c1-5-15-6(4-20-5)3-14-8(19)16-9(2,7(17)18)10(11,12)13/h4H,3H2,1-2H3,(H,17,18)(H2,14,16,19). The van der Waals surface area contributed by atoms with Gasteiger partial charge in [0.25, 0.3) is 0 Å². The number of carbonyl (C=O) groups is 2. The van der Waals surface area contributed by atoms with Gasteiger partial charge in [0.2, 0.25) is 5.54 Å². The lowest BCUT2D eigenvalue weighted by molar-refractivity contribution is -0.203. The zero-order valence-corrected chi connectivity index (χ0v) is 11.4. The molecule has 0 spiro atoms. The number of hydrogen-bond donors (Lipinski definition) is 3. The van der Waals surface area contributed by atoms with Crippen molar-refractivity contribution in [3.8, 4) is 0 Å². The Hall–Kier alpha value is -1.84. The Labute approximate surface area is 116 Å². The number of alkyl halides is 3. The van der Waals surface area contributed by atoms with E-state index in [1.165, 1.54) is 16.7 Å². The van der Waals surface area contributed by atoms with E-state index in [0.717, 1.165) is 5.01 Å². The molecule has 0 radical (unpaired) electrons. The van der Waals surface area contributed by atoms with Gasteiger partial charge in [0, 0.05) is 5.38 Å². The van der Waals surface area contributed by atoms with E-state index in [2.05, 4.69) is 10.3 Å². The van der Waals surface area contributed by atoms with E-state index in [1.807, 2.05) is 0 Å². The van der Waals surface area contributed by atoms with Crippen molar-refractivity contribution in [1.29, 1.82) is 0 Å². The van der Waals surface area contributed by atoms with Gasteiger partial charge in [-0.25, -0.2) is 14.6 Å². The third-order valence-corrected chi connectivity index (χ3v) is 3.28. The Morgan fingerprint density at radius 2 is 2.05 bits per heavy atom. The molecule has 10 heteroatoms. The first-order valence-electron chi connectivity index (χ1n) is 5.33. The van der Waals surface area contributed by atoms with Crippen LogP contribution in [0.5, 0.6) is 0 Å². The second-order valence-electron chi connectivity index (χ2n) is 4.09. The van der Waals surface area contributed by atoms with Crippen LogP contribution in [0.1, 0.15) is 17.6 Å². The summed E-state index contributed by atoms with van der Waals surface area (Å²) in [5.41, 5.74) is -2.87. The molecule has 0 fully saturated rings. The highest BCUT2D eigenvalue weighted by Crippen LogP contribution is 2.30. The number of rotatable bonds is 4. The molecule has 1 rings (SSSR count). The number of thiazole rings is 1. The number of aromatic nitrogens is 1. The first kappa shape index (κ1) is 16.2. The summed E-state index contributed by atoms with van der Waals surface area (Å²) in [6.07, 6.45) is -5.12. The molecule has 1 aromatic heterocycles. The number of nitrogens with one attached hydrogen (secondary N) is 2. The van der Waals surface area contributed by atoms with Crippen LogP contribution in [0.4, 0.5) is 18.0 Å². The summed E-state index contributed by atoms with van der Waals surface area (Å²) >= 11 is 1.32. The number of carboxylic acids is 1. The van der Waals surface area contributed by atoms with Crippen LogP contribution >= 0.6 is 11.3 Å². The number of aliphatic carboxylic acids is 1. The van der Waals surface area contributed by atoms with Crippen LogP contribution in [-0.4, -0.2) is 33.8 Å². The largest absolute Gasteiger partial charge is 0.479 e. The molecule has 112 valence electrons. The fourth-order valence-electron chi connectivity index (χ4n) is 1.18. The molecule has 0 saturated heterocycles. The van der Waals surface area contributed by atoms with Crippen molar-refractivity contribution in [2.24, 2.45) is 0 Å². The van der Waals surface area contributed by atoms with Crippen LogP contribution < -0.4 is 10.6 Å². The molecular weight excluding hydrogens is 299 g/mol. The molecule has 0 saturated carbocycles. The highest BCUT2D eigenvalue weighted by atomic mass is 32.1. The summed E-state index contributed by atoms with van der Waals surface area (Å²) in [5.74, 6) is -2.19. The van der Waals surface area contributed by atoms with Crippen molar-refractivity contribution in [3.05, 3.63) is 16.1 Å². The smallest absolute Gasteiger partial charge is 0.422 e. The molecular formula is C10H12F3N3O3S. The predicted molar refractivity (Wildman–Crippen MR) is 64.3 cm³/mol. The van der Waals surface area contributed by atoms with Crippen molar-refractivity contribution >= 4 is 23.3 Å². The topological polar surface area (TPSA) is 91.3 Å². The minimum atomic E-state index is -5.12. The minimum Gasteiger partial charge on any atom is -0.479 e. The van der Waals surface area contributed by atoms with Gasteiger partial charge in [-0.05, 0) is 13.8 Å². The second-order valence-corrected chi connectivity index (χ2v) is 5.16. The van der Waals surface area contributed by atoms with Crippen LogP contribution in [0, 0.1) is 6.92 Å². The molecule has 0 bridgehead atoms. The minimum absolute atomic E-state index is 0.0935. The fourth-order valence-corrected chi connectivity index (χ4v) is 1.79. The van der Waals surface area contributed by atoms with Crippen LogP contribution in [-0.2, 0) is 11.3 Å². The van der Waals surface area contributed by atoms with Gasteiger partial charge in [-0.1, -0.05) is 0 Å². The molecule has 6 nitrogen and oxygen atoms in total. The molecule has 1 atom stereocenters. The Morgan fingerprint density at radius 1 is 1.45 bits per heavy atom. The van der Waals surface area contributed by atoms with Gasteiger partial charge in [-0.2, -0.15) is 13.2 Å². The average molecular weight is 311 g/mol. The molecule has 0 aliphatic rings. The molecule has 0 aliphatic carbocycles. The third kappa shape index (κ3) is 3.59. The lowest BCUT2D eigenvalue weighted by atomic mass is 10.0. The summed E-state index contributed by atoms with van der Waals surface area (Å²) in [4.78, 5) is 26.1. The molecule has 20 heavy (non-hydrogen) atoms. The van der Waals surface area contributed by atoms with Crippen LogP contribution in [0.3, 0.4) is 0 Å². The fraction of sp³-hybridized carbons (Fsp3) is 0.500. The summed E-state index contributed by atoms with van der Waals surface area (Å²) in [6, 6.07) is -1.24. The van der Waals surface area contributed by atoms with E-state index in [4.69, 9.17) is 5.11 Å². The highest BCUT2D eigenvalue weighted by Gasteiger charge is 2.58. The number of carbonyl (C=O) groups excluding carboxylic acids is 1. The Morgan fingerprint density at radius 3 is 2.45 bits per heavy atom. The lowest BCUT2D eigenvalue weighted by Crippen LogP contribution is -2.63. The van der Waals surface area contributed by atoms with Crippen molar-refractivity contribution in [2.45, 2.75) is 32.1 Å². The Bertz CT molecular complexity index is 517. The van der Waals surface area contributed by atoms with Gasteiger partial charge in [0.15, 0.2) is 0 Å². The van der Waals surface area contributed by atoms with Crippen LogP contribution in [0.25, 0.3) is 0 Å². The van der Waals surface area contributed by atoms with Crippen LogP contribution in [0.15, 0.2) is 5.38 Å². The zero-order chi connectivity index (χ0) is 15.6. The van der Waals surface area contributed by atoms with Gasteiger partial charge >= 0.3 is 18.2 Å². The molecule has 1 unspecified atom stereocenters. The van der Waals surface area contributed by atoms with Gasteiger partial charge in [-0.3, -0.25) is 0 Å². The first-order valence-corrected chi connectivity index (χ1v) is 6.21. The van der Waals surface area contributed by atoms with Crippen molar-refractivity contribution in [3.63, 3.8) is 0 Å². The summed E-state index contributed by atoms with van der Waals surface area (Å²) in [5, 5.41) is 14.5. The average Bonchev–Trinajstić information content (AvgIpc) is 2.70. The third-order valence-electron chi connectivity index (χ3n) is 2.45. The summed E-state index contributed by atoms with van der Waals surface area (Å²) in [7, 11) is 0. The number of nitrogens with zero attached hydrogens (tertiary/aromatic N) is 1. The van der Waals surface area contributed by atoms with Gasteiger partial charge in [0.05, 0.1) is 17.2 Å². The van der Waals surface area contributed by atoms with E-state index >= 15 is 0 Å². The first-order chi connectivity index (χ1) is 9.06. The number of halogens is 3. The van der Waals surface area contributed by atoms with E-state index in [9.17, 15) is 22.8 Å². The number of carboxylic acid groups (broad SMARTS) is 1. The summed E-state index contributed by atoms with van der Waals surface area (Å²) in [6.45, 7) is 2.02. The monoisotopic (exact) mass is 311 g/mol. The molecule has 3 N–H and O–H groups in total. The van der Waals surface area contributed by atoms with E-state index < -0.39 is 23.7 Å². The van der Waals surface area contributed by atoms with Crippen molar-refractivity contribution in [1.82, 2.24) is 15.6 Å². The maximum Gasteiger partial charge on any atom is 0.422 e. The Balaban J connectivity index is 2.66. The quantitative estimate of drug-likeness (QED) is 0.788. The van der Waals surface area contributed by atoms with E-state index in [1.54, 1.807) is 12.3 Å². The maximum absolute atomic E-state index is 12.6. The van der Waals surface area contributed by atoms with Gasteiger partial charge in [0.1, 0.15) is 0 Å². The van der Waals surface area contributed by atoms with E-state index in [0.29, 0.717) is 12.6 Å².